The minimum Gasteiger partial charge on any atom is -0.354 e. The molecular formula is C12H13ClN4. The van der Waals surface area contributed by atoms with Crippen molar-refractivity contribution in [3.8, 4) is 0 Å². The molecule has 0 aliphatic rings. The van der Waals surface area contributed by atoms with E-state index >= 15 is 0 Å². The zero-order valence-corrected chi connectivity index (χ0v) is 10.5. The number of nitrogens with zero attached hydrogens (tertiary/aromatic N) is 4. The first kappa shape index (κ1) is 11.8. The SMILES string of the molecule is Cc1cccc(CN(C)c2ccnc(Cl)n2)n1. The van der Waals surface area contributed by atoms with Crippen molar-refractivity contribution in [2.75, 3.05) is 11.9 Å². The minimum absolute atomic E-state index is 0.256. The molecule has 2 rings (SSSR count). The Morgan fingerprint density at radius 3 is 2.76 bits per heavy atom. The molecule has 88 valence electrons. The van der Waals surface area contributed by atoms with Crippen molar-refractivity contribution in [3.05, 3.63) is 47.1 Å². The Kier molecular flexibility index (Phi) is 3.54. The van der Waals surface area contributed by atoms with Gasteiger partial charge >= 0.3 is 0 Å². The Labute approximate surface area is 105 Å². The second-order valence-electron chi connectivity index (χ2n) is 3.81. The van der Waals surface area contributed by atoms with Crippen LogP contribution in [0.1, 0.15) is 11.4 Å². The van der Waals surface area contributed by atoms with Crippen LogP contribution in [0.15, 0.2) is 30.5 Å². The lowest BCUT2D eigenvalue weighted by atomic mass is 10.3. The van der Waals surface area contributed by atoms with Gasteiger partial charge in [0.1, 0.15) is 5.82 Å². The fourth-order valence-electron chi connectivity index (χ4n) is 1.55. The van der Waals surface area contributed by atoms with Crippen LogP contribution in [-0.4, -0.2) is 22.0 Å². The average molecular weight is 249 g/mol. The van der Waals surface area contributed by atoms with Crippen LogP contribution >= 0.6 is 11.6 Å². The van der Waals surface area contributed by atoms with Crippen LogP contribution in [-0.2, 0) is 6.54 Å². The third-order valence-corrected chi connectivity index (χ3v) is 2.53. The molecule has 0 N–H and O–H groups in total. The van der Waals surface area contributed by atoms with E-state index in [0.717, 1.165) is 17.2 Å². The zero-order chi connectivity index (χ0) is 12.3. The molecule has 17 heavy (non-hydrogen) atoms. The number of aryl methyl sites for hydroxylation is 1. The van der Waals surface area contributed by atoms with Gasteiger partial charge in [0.15, 0.2) is 0 Å². The van der Waals surface area contributed by atoms with Crippen molar-refractivity contribution in [1.82, 2.24) is 15.0 Å². The number of aromatic nitrogens is 3. The van der Waals surface area contributed by atoms with Crippen molar-refractivity contribution < 1.29 is 0 Å². The molecule has 4 nitrogen and oxygen atoms in total. The summed E-state index contributed by atoms with van der Waals surface area (Å²) in [7, 11) is 1.95. The number of rotatable bonds is 3. The van der Waals surface area contributed by atoms with E-state index in [0.29, 0.717) is 6.54 Å². The van der Waals surface area contributed by atoms with Crippen molar-refractivity contribution in [1.29, 1.82) is 0 Å². The van der Waals surface area contributed by atoms with Gasteiger partial charge in [-0.05, 0) is 36.7 Å². The highest BCUT2D eigenvalue weighted by atomic mass is 35.5. The van der Waals surface area contributed by atoms with Crippen molar-refractivity contribution >= 4 is 17.4 Å². The second kappa shape index (κ2) is 5.10. The molecule has 2 aromatic rings. The standard InChI is InChI=1S/C12H13ClN4/c1-9-4-3-5-10(15-9)8-17(2)11-6-7-14-12(13)16-11/h3-7H,8H2,1-2H3. The average Bonchev–Trinajstić information content (AvgIpc) is 2.29. The minimum atomic E-state index is 0.256. The summed E-state index contributed by atoms with van der Waals surface area (Å²) in [5.41, 5.74) is 2.01. The highest BCUT2D eigenvalue weighted by Gasteiger charge is 2.05. The van der Waals surface area contributed by atoms with E-state index in [9.17, 15) is 0 Å². The van der Waals surface area contributed by atoms with E-state index in [4.69, 9.17) is 11.6 Å². The molecule has 0 bridgehead atoms. The van der Waals surface area contributed by atoms with Gasteiger partial charge in [0.2, 0.25) is 5.28 Å². The maximum Gasteiger partial charge on any atom is 0.224 e. The third-order valence-electron chi connectivity index (χ3n) is 2.35. The summed E-state index contributed by atoms with van der Waals surface area (Å²) in [5, 5.41) is 0.256. The first-order valence-corrected chi connectivity index (χ1v) is 5.65. The molecule has 0 aliphatic carbocycles. The van der Waals surface area contributed by atoms with Crippen molar-refractivity contribution in [2.45, 2.75) is 13.5 Å². The second-order valence-corrected chi connectivity index (χ2v) is 4.15. The van der Waals surface area contributed by atoms with Crippen LogP contribution in [0.4, 0.5) is 5.82 Å². The number of hydrogen-bond acceptors (Lipinski definition) is 4. The number of halogens is 1. The Morgan fingerprint density at radius 2 is 2.06 bits per heavy atom. The fraction of sp³-hybridized carbons (Fsp3) is 0.250. The summed E-state index contributed by atoms with van der Waals surface area (Å²) in [5.74, 6) is 0.785. The van der Waals surface area contributed by atoms with Gasteiger partial charge in [0, 0.05) is 18.9 Å². The van der Waals surface area contributed by atoms with E-state index < -0.39 is 0 Å². The number of anilines is 1. The van der Waals surface area contributed by atoms with E-state index in [2.05, 4.69) is 15.0 Å². The molecule has 0 atom stereocenters. The topological polar surface area (TPSA) is 41.9 Å². The lowest BCUT2D eigenvalue weighted by Crippen LogP contribution is -2.18. The highest BCUT2D eigenvalue weighted by Crippen LogP contribution is 2.13. The van der Waals surface area contributed by atoms with E-state index in [1.165, 1.54) is 0 Å². The Hall–Kier alpha value is -1.68. The molecule has 0 spiro atoms. The lowest BCUT2D eigenvalue weighted by molar-refractivity contribution is 0.855. The number of pyridine rings is 1. The monoisotopic (exact) mass is 248 g/mol. The molecule has 5 heteroatoms. The van der Waals surface area contributed by atoms with E-state index in [-0.39, 0.29) is 5.28 Å². The summed E-state index contributed by atoms with van der Waals surface area (Å²) in [6.07, 6.45) is 1.64. The van der Waals surface area contributed by atoms with Gasteiger partial charge in [-0.15, -0.1) is 0 Å². The van der Waals surface area contributed by atoms with Crippen LogP contribution < -0.4 is 4.90 Å². The van der Waals surface area contributed by atoms with Crippen molar-refractivity contribution in [2.24, 2.45) is 0 Å². The molecule has 2 heterocycles. The molecule has 0 radical (unpaired) electrons. The molecule has 0 amide bonds. The molecule has 0 unspecified atom stereocenters. The van der Waals surface area contributed by atoms with Crippen molar-refractivity contribution in [3.63, 3.8) is 0 Å². The van der Waals surface area contributed by atoms with Crippen LogP contribution in [0.2, 0.25) is 5.28 Å². The smallest absolute Gasteiger partial charge is 0.224 e. The lowest BCUT2D eigenvalue weighted by Gasteiger charge is -2.17. The van der Waals surface area contributed by atoms with Gasteiger partial charge in [-0.3, -0.25) is 4.98 Å². The first-order valence-electron chi connectivity index (χ1n) is 5.27. The van der Waals surface area contributed by atoms with Gasteiger partial charge in [0.05, 0.1) is 12.2 Å². The summed E-state index contributed by atoms with van der Waals surface area (Å²) in [4.78, 5) is 14.4. The quantitative estimate of drug-likeness (QED) is 0.783. The molecule has 0 saturated heterocycles. The summed E-state index contributed by atoms with van der Waals surface area (Å²) in [6, 6.07) is 7.79. The van der Waals surface area contributed by atoms with Gasteiger partial charge in [-0.25, -0.2) is 9.97 Å². The highest BCUT2D eigenvalue weighted by molar-refractivity contribution is 6.28. The van der Waals surface area contributed by atoms with Gasteiger partial charge in [-0.1, -0.05) is 6.07 Å². The summed E-state index contributed by atoms with van der Waals surface area (Å²) < 4.78 is 0. The third kappa shape index (κ3) is 3.14. The van der Waals surface area contributed by atoms with Crippen LogP contribution in [0.5, 0.6) is 0 Å². The van der Waals surface area contributed by atoms with Crippen LogP contribution in [0.25, 0.3) is 0 Å². The first-order chi connectivity index (χ1) is 8.15. The number of hydrogen-bond donors (Lipinski definition) is 0. The molecule has 0 aliphatic heterocycles. The Morgan fingerprint density at radius 1 is 1.24 bits per heavy atom. The van der Waals surface area contributed by atoms with Gasteiger partial charge < -0.3 is 4.90 Å². The van der Waals surface area contributed by atoms with Crippen LogP contribution in [0.3, 0.4) is 0 Å². The predicted octanol–water partition coefficient (Wildman–Crippen LogP) is 2.47. The van der Waals surface area contributed by atoms with Crippen LogP contribution in [0, 0.1) is 6.92 Å². The summed E-state index contributed by atoms with van der Waals surface area (Å²) in [6.45, 7) is 2.67. The molecule has 0 aromatic carbocycles. The zero-order valence-electron chi connectivity index (χ0n) is 9.76. The molecule has 0 saturated carbocycles. The maximum atomic E-state index is 5.75. The Balaban J connectivity index is 2.14. The molecular weight excluding hydrogens is 236 g/mol. The van der Waals surface area contributed by atoms with Gasteiger partial charge in [0.25, 0.3) is 0 Å². The van der Waals surface area contributed by atoms with E-state index in [1.807, 2.05) is 43.1 Å². The van der Waals surface area contributed by atoms with E-state index in [1.54, 1.807) is 6.20 Å². The molecule has 0 fully saturated rings. The summed E-state index contributed by atoms with van der Waals surface area (Å²) >= 11 is 5.75. The Bertz CT molecular complexity index is 515. The predicted molar refractivity (Wildman–Crippen MR) is 68.1 cm³/mol. The normalized spacial score (nSPS) is 10.3. The largest absolute Gasteiger partial charge is 0.354 e. The van der Waals surface area contributed by atoms with Gasteiger partial charge in [-0.2, -0.15) is 0 Å². The fourth-order valence-corrected chi connectivity index (χ4v) is 1.69. The maximum absolute atomic E-state index is 5.75. The molecule has 2 aromatic heterocycles.